The maximum Gasteiger partial charge on any atom is 0.305 e. The topological polar surface area (TPSA) is 26.3 Å². The van der Waals surface area contributed by atoms with E-state index in [1.54, 1.807) is 0 Å². The lowest BCUT2D eigenvalue weighted by Gasteiger charge is -2.20. The van der Waals surface area contributed by atoms with Crippen molar-refractivity contribution in [3.05, 3.63) is 0 Å². The van der Waals surface area contributed by atoms with Crippen LogP contribution in [0.2, 0.25) is 0 Å². The Morgan fingerprint density at radius 3 is 2.18 bits per heavy atom. The van der Waals surface area contributed by atoms with Crippen LogP contribution in [-0.2, 0) is 9.53 Å². The predicted molar refractivity (Wildman–Crippen MR) is 96.0 cm³/mol. The molecule has 0 aliphatic rings. The number of hydrogen-bond acceptors (Lipinski definition) is 2. The van der Waals surface area contributed by atoms with Crippen molar-refractivity contribution in [3.63, 3.8) is 0 Å². The van der Waals surface area contributed by atoms with Gasteiger partial charge >= 0.3 is 5.97 Å². The third-order valence-electron chi connectivity index (χ3n) is 4.36. The van der Waals surface area contributed by atoms with E-state index in [1.807, 2.05) is 0 Å². The molecule has 0 radical (unpaired) electrons. The van der Waals surface area contributed by atoms with Crippen LogP contribution in [-0.4, -0.2) is 12.6 Å². The van der Waals surface area contributed by atoms with Gasteiger partial charge in [-0.15, -0.1) is 0 Å². The largest absolute Gasteiger partial charge is 0.465 e. The molecule has 0 aromatic rings. The molecule has 0 bridgehead atoms. The van der Waals surface area contributed by atoms with Crippen LogP contribution in [0.25, 0.3) is 0 Å². The first kappa shape index (κ1) is 21.5. The minimum atomic E-state index is 0.00814. The molecule has 0 N–H and O–H groups in total. The first-order valence-electron chi connectivity index (χ1n) is 9.65. The Kier molecular flexibility index (Phi) is 13.7. The fourth-order valence-corrected chi connectivity index (χ4v) is 3.14. The van der Waals surface area contributed by atoms with E-state index in [0.29, 0.717) is 18.9 Å². The summed E-state index contributed by atoms with van der Waals surface area (Å²) in [6.45, 7) is 11.9. The van der Waals surface area contributed by atoms with Gasteiger partial charge in [0.25, 0.3) is 0 Å². The second kappa shape index (κ2) is 14.1. The number of carbonyl (C=O) groups excluding carboxylic acids is 1. The van der Waals surface area contributed by atoms with E-state index in [2.05, 4.69) is 34.6 Å². The molecule has 0 aliphatic heterocycles. The maximum absolute atomic E-state index is 11.8. The first-order chi connectivity index (χ1) is 10.5. The van der Waals surface area contributed by atoms with E-state index in [0.717, 1.165) is 24.7 Å². The van der Waals surface area contributed by atoms with E-state index in [9.17, 15) is 4.79 Å². The highest BCUT2D eigenvalue weighted by Gasteiger charge is 2.14. The minimum Gasteiger partial charge on any atom is -0.465 e. The van der Waals surface area contributed by atoms with Gasteiger partial charge in [-0.05, 0) is 37.0 Å². The molecule has 0 rings (SSSR count). The lowest BCUT2D eigenvalue weighted by molar-refractivity contribution is -0.145. The van der Waals surface area contributed by atoms with Crippen LogP contribution in [0, 0.1) is 17.8 Å². The minimum absolute atomic E-state index is 0.00814. The van der Waals surface area contributed by atoms with Crippen LogP contribution < -0.4 is 0 Å². The van der Waals surface area contributed by atoms with Gasteiger partial charge in [0.15, 0.2) is 0 Å². The molecule has 0 fully saturated rings. The number of esters is 1. The zero-order chi connectivity index (χ0) is 16.8. The van der Waals surface area contributed by atoms with E-state index in [4.69, 9.17) is 4.74 Å². The molecule has 0 aromatic carbocycles. The van der Waals surface area contributed by atoms with Crippen molar-refractivity contribution in [2.24, 2.45) is 17.8 Å². The summed E-state index contributed by atoms with van der Waals surface area (Å²) in [6.07, 6.45) is 11.3. The van der Waals surface area contributed by atoms with E-state index < -0.39 is 0 Å². The standard InChI is InChI=1S/C20H40O2/c1-6-11-18(5)15-19(12-7-2)16-22-20(21)14-10-8-9-13-17(3)4/h17-19H,6-16H2,1-5H3. The molecule has 132 valence electrons. The Morgan fingerprint density at radius 2 is 1.59 bits per heavy atom. The van der Waals surface area contributed by atoms with Gasteiger partial charge in [-0.3, -0.25) is 4.79 Å². The molecule has 0 amide bonds. The van der Waals surface area contributed by atoms with Gasteiger partial charge in [-0.1, -0.05) is 73.1 Å². The Hall–Kier alpha value is -0.530. The van der Waals surface area contributed by atoms with E-state index in [-0.39, 0.29) is 5.97 Å². The lowest BCUT2D eigenvalue weighted by Crippen LogP contribution is -2.16. The SMILES string of the molecule is CCCC(C)CC(CCC)COC(=O)CCCCCC(C)C. The molecule has 2 nitrogen and oxygen atoms in total. The molecular formula is C20H40O2. The van der Waals surface area contributed by atoms with Gasteiger partial charge in [0, 0.05) is 6.42 Å². The smallest absolute Gasteiger partial charge is 0.305 e. The molecule has 2 heteroatoms. The quantitative estimate of drug-likeness (QED) is 0.275. The van der Waals surface area contributed by atoms with E-state index >= 15 is 0 Å². The molecule has 0 saturated carbocycles. The number of hydrogen-bond donors (Lipinski definition) is 0. The Bertz CT molecular complexity index is 260. The number of unbranched alkanes of at least 4 members (excludes halogenated alkanes) is 2. The second-order valence-corrected chi connectivity index (χ2v) is 7.46. The van der Waals surface area contributed by atoms with Crippen molar-refractivity contribution >= 4 is 5.97 Å². The average molecular weight is 313 g/mol. The summed E-state index contributed by atoms with van der Waals surface area (Å²) in [5.74, 6) is 2.08. The molecule has 0 heterocycles. The molecule has 2 atom stereocenters. The van der Waals surface area contributed by atoms with Gasteiger partial charge in [0.2, 0.25) is 0 Å². The highest BCUT2D eigenvalue weighted by molar-refractivity contribution is 5.69. The maximum atomic E-state index is 11.8. The number of carbonyl (C=O) groups is 1. The summed E-state index contributed by atoms with van der Waals surface area (Å²) >= 11 is 0. The van der Waals surface area contributed by atoms with Crippen LogP contribution in [0.3, 0.4) is 0 Å². The summed E-state index contributed by atoms with van der Waals surface area (Å²) in [5.41, 5.74) is 0. The van der Waals surface area contributed by atoms with Crippen molar-refractivity contribution < 1.29 is 9.53 Å². The van der Waals surface area contributed by atoms with Crippen molar-refractivity contribution in [2.45, 2.75) is 98.8 Å². The lowest BCUT2D eigenvalue weighted by atomic mass is 9.90. The first-order valence-corrected chi connectivity index (χ1v) is 9.65. The summed E-state index contributed by atoms with van der Waals surface area (Å²) in [5, 5.41) is 0. The van der Waals surface area contributed by atoms with Crippen LogP contribution in [0.4, 0.5) is 0 Å². The Balaban J connectivity index is 3.81. The monoisotopic (exact) mass is 312 g/mol. The van der Waals surface area contributed by atoms with Crippen molar-refractivity contribution in [2.75, 3.05) is 6.61 Å². The van der Waals surface area contributed by atoms with Crippen molar-refractivity contribution in [1.29, 1.82) is 0 Å². The van der Waals surface area contributed by atoms with Gasteiger partial charge in [-0.2, -0.15) is 0 Å². The van der Waals surface area contributed by atoms with Crippen molar-refractivity contribution in [3.8, 4) is 0 Å². The fraction of sp³-hybridized carbons (Fsp3) is 0.950. The van der Waals surface area contributed by atoms with Crippen LogP contribution >= 0.6 is 0 Å². The van der Waals surface area contributed by atoms with Gasteiger partial charge < -0.3 is 4.74 Å². The molecule has 0 aromatic heterocycles. The zero-order valence-electron chi connectivity index (χ0n) is 15.8. The summed E-state index contributed by atoms with van der Waals surface area (Å²) in [6, 6.07) is 0. The molecular weight excluding hydrogens is 272 g/mol. The molecule has 0 aliphatic carbocycles. The van der Waals surface area contributed by atoms with Gasteiger partial charge in [0.05, 0.1) is 6.61 Å². The van der Waals surface area contributed by atoms with Gasteiger partial charge in [-0.25, -0.2) is 0 Å². The average Bonchev–Trinajstić information content (AvgIpc) is 2.44. The number of ether oxygens (including phenoxy) is 1. The molecule has 0 saturated heterocycles. The fourth-order valence-electron chi connectivity index (χ4n) is 3.14. The number of rotatable bonds is 14. The third-order valence-corrected chi connectivity index (χ3v) is 4.36. The van der Waals surface area contributed by atoms with Crippen LogP contribution in [0.5, 0.6) is 0 Å². The summed E-state index contributed by atoms with van der Waals surface area (Å²) < 4.78 is 5.52. The predicted octanol–water partition coefficient (Wildman–Crippen LogP) is 6.38. The highest BCUT2D eigenvalue weighted by atomic mass is 16.5. The van der Waals surface area contributed by atoms with Gasteiger partial charge in [0.1, 0.15) is 0 Å². The summed E-state index contributed by atoms with van der Waals surface area (Å²) in [7, 11) is 0. The summed E-state index contributed by atoms with van der Waals surface area (Å²) in [4.78, 5) is 11.8. The van der Waals surface area contributed by atoms with Crippen LogP contribution in [0.15, 0.2) is 0 Å². The molecule has 2 unspecified atom stereocenters. The second-order valence-electron chi connectivity index (χ2n) is 7.46. The Morgan fingerprint density at radius 1 is 0.909 bits per heavy atom. The third kappa shape index (κ3) is 13.2. The Labute approximate surface area is 139 Å². The van der Waals surface area contributed by atoms with E-state index in [1.165, 1.54) is 44.9 Å². The zero-order valence-corrected chi connectivity index (χ0v) is 15.8. The molecule has 0 spiro atoms. The molecule has 22 heavy (non-hydrogen) atoms. The highest BCUT2D eigenvalue weighted by Crippen LogP contribution is 2.21. The van der Waals surface area contributed by atoms with Crippen molar-refractivity contribution in [1.82, 2.24) is 0 Å². The normalized spacial score (nSPS) is 14.1. The van der Waals surface area contributed by atoms with Crippen LogP contribution in [0.1, 0.15) is 98.8 Å².